The lowest BCUT2D eigenvalue weighted by molar-refractivity contribution is -0.0592. The van der Waals surface area contributed by atoms with Crippen LogP contribution in [0.1, 0.15) is 44.5 Å². The number of rotatable bonds is 9. The molecule has 0 amide bonds. The van der Waals surface area contributed by atoms with Crippen molar-refractivity contribution in [3.63, 3.8) is 0 Å². The fraction of sp³-hybridized carbons (Fsp3) is 0.387. The molecular weight excluding hydrogens is 543 g/mol. The predicted molar refractivity (Wildman–Crippen MR) is 153 cm³/mol. The van der Waals surface area contributed by atoms with Gasteiger partial charge in [0, 0.05) is 35.4 Å². The molecule has 1 N–H and O–H groups in total. The Morgan fingerprint density at radius 2 is 2.15 bits per heavy atom. The summed E-state index contributed by atoms with van der Waals surface area (Å²) in [5, 5.41) is 9.53. The number of aryl methyl sites for hydroxylation is 1. The quantitative estimate of drug-likeness (QED) is 0.270. The van der Waals surface area contributed by atoms with E-state index in [4.69, 9.17) is 19.4 Å². The number of benzene rings is 1. The Balaban J connectivity index is 1.08. The number of halogens is 1. The molecule has 3 fully saturated rings. The number of thiophene rings is 1. The van der Waals surface area contributed by atoms with Crippen LogP contribution in [-0.2, 0) is 29.8 Å². The normalized spacial score (nSPS) is 23.8. The van der Waals surface area contributed by atoms with Crippen LogP contribution in [-0.4, -0.2) is 56.3 Å². The Hall–Kier alpha value is -3.60. The lowest BCUT2D eigenvalue weighted by atomic mass is 9.90. The van der Waals surface area contributed by atoms with E-state index in [1.165, 1.54) is 23.0 Å². The fourth-order valence-corrected chi connectivity index (χ4v) is 7.22. The standard InChI is InChI=1S/C31H31FN4O4S/c1-18-12-23(32)26(41-18)17-40-29-5-3-4-27(34-29)31-9-10-35(15-22(31)19(31)2)16-28-33-24-7-6-20(30(37)38)13-25(24)36(28)14-21-8-11-39-21/h3-7,12-13,21-22H,2,8-11,14-17H2,1H3,(H,37,38)/t21-,22?,31?/m0/s1. The molecule has 3 aromatic heterocycles. The number of hydrogen-bond acceptors (Lipinski definition) is 7. The number of aromatic nitrogens is 3. The number of nitrogens with zero attached hydrogens (tertiary/aromatic N) is 4. The van der Waals surface area contributed by atoms with Gasteiger partial charge in [-0.05, 0) is 56.6 Å². The summed E-state index contributed by atoms with van der Waals surface area (Å²) in [6, 6.07) is 12.5. The molecule has 212 valence electrons. The van der Waals surface area contributed by atoms with E-state index >= 15 is 0 Å². The first-order valence-electron chi connectivity index (χ1n) is 13.9. The summed E-state index contributed by atoms with van der Waals surface area (Å²) in [5.41, 5.74) is 3.86. The minimum absolute atomic E-state index is 0.123. The fourth-order valence-electron chi connectivity index (χ4n) is 6.39. The third-order valence-corrected chi connectivity index (χ3v) is 9.80. The second-order valence-electron chi connectivity index (χ2n) is 11.2. The van der Waals surface area contributed by atoms with Crippen LogP contribution in [0.4, 0.5) is 4.39 Å². The molecule has 8 nitrogen and oxygen atoms in total. The van der Waals surface area contributed by atoms with Gasteiger partial charge in [-0.15, -0.1) is 11.3 Å². The van der Waals surface area contributed by atoms with E-state index in [0.29, 0.717) is 23.8 Å². The van der Waals surface area contributed by atoms with Crippen LogP contribution in [0.15, 0.2) is 54.6 Å². The molecule has 3 aliphatic rings. The molecule has 41 heavy (non-hydrogen) atoms. The smallest absolute Gasteiger partial charge is 0.335 e. The zero-order valence-corrected chi connectivity index (χ0v) is 23.6. The number of imidazole rings is 1. The van der Waals surface area contributed by atoms with Crippen LogP contribution in [0.25, 0.3) is 11.0 Å². The second-order valence-corrected chi connectivity index (χ2v) is 12.6. The summed E-state index contributed by atoms with van der Waals surface area (Å²) in [7, 11) is 0. The van der Waals surface area contributed by atoms with Crippen LogP contribution >= 0.6 is 11.3 Å². The van der Waals surface area contributed by atoms with Gasteiger partial charge in [0.25, 0.3) is 0 Å². The molecule has 1 aromatic carbocycles. The van der Waals surface area contributed by atoms with Crippen molar-refractivity contribution in [1.29, 1.82) is 0 Å². The maximum absolute atomic E-state index is 14.1. The first-order chi connectivity index (χ1) is 19.8. The Bertz CT molecular complexity index is 1680. The van der Waals surface area contributed by atoms with Gasteiger partial charge in [0.05, 0.1) is 46.4 Å². The van der Waals surface area contributed by atoms with Crippen molar-refractivity contribution in [2.75, 3.05) is 19.7 Å². The van der Waals surface area contributed by atoms with Crippen molar-refractivity contribution in [2.24, 2.45) is 5.92 Å². The summed E-state index contributed by atoms with van der Waals surface area (Å²) in [4.78, 5) is 25.3. The number of carboxylic acid groups (broad SMARTS) is 1. The molecule has 1 aliphatic carbocycles. The van der Waals surface area contributed by atoms with Crippen molar-refractivity contribution < 1.29 is 23.8 Å². The van der Waals surface area contributed by atoms with Crippen molar-refractivity contribution in [3.8, 4) is 5.88 Å². The molecule has 1 saturated carbocycles. The van der Waals surface area contributed by atoms with Gasteiger partial charge < -0.3 is 19.1 Å². The summed E-state index contributed by atoms with van der Waals surface area (Å²) in [6.45, 7) is 10.2. The first-order valence-corrected chi connectivity index (χ1v) is 14.7. The minimum atomic E-state index is -0.947. The summed E-state index contributed by atoms with van der Waals surface area (Å²) in [5.74, 6) is 0.513. The highest BCUT2D eigenvalue weighted by Crippen LogP contribution is 2.62. The maximum atomic E-state index is 14.1. The van der Waals surface area contributed by atoms with Crippen LogP contribution in [0.3, 0.4) is 0 Å². The third-order valence-electron chi connectivity index (χ3n) is 8.80. The molecule has 5 heterocycles. The van der Waals surface area contributed by atoms with E-state index in [2.05, 4.69) is 16.0 Å². The molecule has 0 radical (unpaired) electrons. The molecule has 7 rings (SSSR count). The Labute approximate surface area is 241 Å². The lowest BCUT2D eigenvalue weighted by Crippen LogP contribution is -2.37. The average molecular weight is 575 g/mol. The highest BCUT2D eigenvalue weighted by Gasteiger charge is 2.62. The molecule has 0 bridgehead atoms. The molecule has 3 atom stereocenters. The van der Waals surface area contributed by atoms with Gasteiger partial charge in [-0.3, -0.25) is 4.90 Å². The number of hydrogen-bond donors (Lipinski definition) is 1. The number of ether oxygens (including phenoxy) is 2. The Morgan fingerprint density at radius 1 is 1.29 bits per heavy atom. The predicted octanol–water partition coefficient (Wildman–Crippen LogP) is 5.34. The highest BCUT2D eigenvalue weighted by atomic mass is 32.1. The number of likely N-dealkylation sites (tertiary alicyclic amines) is 1. The van der Waals surface area contributed by atoms with E-state index in [9.17, 15) is 14.3 Å². The van der Waals surface area contributed by atoms with Crippen LogP contribution < -0.4 is 4.74 Å². The number of piperidine rings is 1. The van der Waals surface area contributed by atoms with Crippen molar-refractivity contribution >= 4 is 28.3 Å². The Kier molecular flexibility index (Phi) is 6.44. The molecule has 10 heteroatoms. The van der Waals surface area contributed by atoms with E-state index in [0.717, 1.165) is 60.0 Å². The highest BCUT2D eigenvalue weighted by molar-refractivity contribution is 7.11. The molecule has 4 aromatic rings. The van der Waals surface area contributed by atoms with Crippen LogP contribution in [0, 0.1) is 18.7 Å². The van der Waals surface area contributed by atoms with Gasteiger partial charge in [-0.1, -0.05) is 18.2 Å². The van der Waals surface area contributed by atoms with Gasteiger partial charge in [-0.25, -0.2) is 19.2 Å². The zero-order valence-electron chi connectivity index (χ0n) is 22.8. The third kappa shape index (κ3) is 4.64. The monoisotopic (exact) mass is 574 g/mol. The van der Waals surface area contributed by atoms with Crippen molar-refractivity contribution in [1.82, 2.24) is 19.4 Å². The van der Waals surface area contributed by atoms with Gasteiger partial charge in [-0.2, -0.15) is 0 Å². The molecule has 2 aliphatic heterocycles. The van der Waals surface area contributed by atoms with Gasteiger partial charge >= 0.3 is 5.97 Å². The van der Waals surface area contributed by atoms with Crippen molar-refractivity contribution in [2.45, 2.75) is 51.0 Å². The number of aromatic carboxylic acids is 1. The van der Waals surface area contributed by atoms with Crippen LogP contribution in [0.5, 0.6) is 5.88 Å². The van der Waals surface area contributed by atoms with E-state index in [-0.39, 0.29) is 35.4 Å². The number of pyridine rings is 1. The van der Waals surface area contributed by atoms with Gasteiger partial charge in [0.15, 0.2) is 0 Å². The zero-order chi connectivity index (χ0) is 28.3. The molecule has 2 saturated heterocycles. The summed E-state index contributed by atoms with van der Waals surface area (Å²) in [6.07, 6.45) is 2.00. The SMILES string of the molecule is C=C1C2CN(Cc3nc4ccc(C(=O)O)cc4n3C[C@@H]3CCO3)CCC12c1cccc(OCc2sc(C)cc2F)n1. The second kappa shape index (κ2) is 10.0. The van der Waals surface area contributed by atoms with Gasteiger partial charge in [0.2, 0.25) is 5.88 Å². The van der Waals surface area contributed by atoms with E-state index in [1.807, 2.05) is 25.1 Å². The number of fused-ring (bicyclic) bond motifs is 2. The van der Waals surface area contributed by atoms with Gasteiger partial charge in [0.1, 0.15) is 18.2 Å². The van der Waals surface area contributed by atoms with E-state index in [1.54, 1.807) is 18.2 Å². The first kappa shape index (κ1) is 26.3. The summed E-state index contributed by atoms with van der Waals surface area (Å²) >= 11 is 1.40. The number of carbonyl (C=O) groups is 1. The largest absolute Gasteiger partial charge is 0.478 e. The van der Waals surface area contributed by atoms with Crippen molar-refractivity contribution in [3.05, 3.63) is 87.3 Å². The molecular formula is C31H31FN4O4S. The topological polar surface area (TPSA) is 89.7 Å². The van der Waals surface area contributed by atoms with E-state index < -0.39 is 5.97 Å². The number of carboxylic acids is 1. The van der Waals surface area contributed by atoms with Crippen LogP contribution in [0.2, 0.25) is 0 Å². The molecule has 2 unspecified atom stereocenters. The summed E-state index contributed by atoms with van der Waals surface area (Å²) < 4.78 is 27.8. The maximum Gasteiger partial charge on any atom is 0.335 e. The molecule has 0 spiro atoms. The lowest BCUT2D eigenvalue weighted by Gasteiger charge is -2.31. The Morgan fingerprint density at radius 3 is 2.85 bits per heavy atom. The average Bonchev–Trinajstić information content (AvgIpc) is 3.18. The minimum Gasteiger partial charge on any atom is -0.478 e.